The highest BCUT2D eigenvalue weighted by Gasteiger charge is 1.85. The average Bonchev–Trinajstić information content (AvgIpc) is 2.01. The number of rotatable bonds is 2. The zero-order valence-electron chi connectivity index (χ0n) is 6.12. The molecule has 1 rings (SSSR count). The summed E-state index contributed by atoms with van der Waals surface area (Å²) >= 11 is 0. The highest BCUT2D eigenvalue weighted by atomic mass is 14.5. The number of nitrogens with two attached hydrogens (primary N) is 1. The number of hydrogen-bond donors (Lipinski definition) is 2. The molecule has 0 aliphatic heterocycles. The highest BCUT2D eigenvalue weighted by Crippen LogP contribution is 2.07. The molecule has 3 N–H and O–H groups in total. The molecule has 0 aliphatic rings. The minimum atomic E-state index is 0.747. The van der Waals surface area contributed by atoms with E-state index in [0.29, 0.717) is 0 Å². The molecule has 56 valence electrons. The summed E-state index contributed by atoms with van der Waals surface area (Å²) in [5.74, 6) is 0. The van der Waals surface area contributed by atoms with Gasteiger partial charge in [-0.25, -0.2) is 0 Å². The van der Waals surface area contributed by atoms with E-state index < -0.39 is 0 Å². The first-order valence-electron chi connectivity index (χ1n) is 3.35. The lowest BCUT2D eigenvalue weighted by Crippen LogP contribution is -1.83. The number of nitrogens with one attached hydrogen (secondary N) is 1. The summed E-state index contributed by atoms with van der Waals surface area (Å²) in [6.45, 7) is 0. The fraction of sp³-hybridized carbons (Fsp3) is 0. The predicted octanol–water partition coefficient (Wildman–Crippen LogP) is 1.93. The molecule has 1 aromatic carbocycles. The molecule has 0 atom stereocenters. The van der Waals surface area contributed by atoms with Crippen molar-refractivity contribution < 1.29 is 0 Å². The standard InChI is InChI=1S/C9H10N2/c10-6-2-4-8-3-1-5-9(11)7-8/h1-7,10H,11H2/b4-2-,10-6?. The Morgan fingerprint density at radius 3 is 2.82 bits per heavy atom. The molecule has 0 aromatic heterocycles. The maximum Gasteiger partial charge on any atom is 0.0319 e. The van der Waals surface area contributed by atoms with E-state index in [9.17, 15) is 0 Å². The summed E-state index contributed by atoms with van der Waals surface area (Å²) < 4.78 is 0. The van der Waals surface area contributed by atoms with Gasteiger partial charge in [0.1, 0.15) is 0 Å². The lowest BCUT2D eigenvalue weighted by molar-refractivity contribution is 1.58. The van der Waals surface area contributed by atoms with Crippen LogP contribution in [-0.4, -0.2) is 6.21 Å². The molecule has 0 unspecified atom stereocenters. The number of nitrogen functional groups attached to an aromatic ring is 1. The summed E-state index contributed by atoms with van der Waals surface area (Å²) in [5, 5.41) is 6.76. The number of anilines is 1. The van der Waals surface area contributed by atoms with E-state index >= 15 is 0 Å². The molecule has 0 amide bonds. The van der Waals surface area contributed by atoms with E-state index in [-0.39, 0.29) is 0 Å². The van der Waals surface area contributed by atoms with Gasteiger partial charge < -0.3 is 11.1 Å². The molecule has 0 fully saturated rings. The lowest BCUT2D eigenvalue weighted by Gasteiger charge is -1.93. The summed E-state index contributed by atoms with van der Waals surface area (Å²) in [6, 6.07) is 7.52. The van der Waals surface area contributed by atoms with Gasteiger partial charge in [0.15, 0.2) is 0 Å². The van der Waals surface area contributed by atoms with Crippen LogP contribution in [0.2, 0.25) is 0 Å². The van der Waals surface area contributed by atoms with Crippen molar-refractivity contribution in [3.8, 4) is 0 Å². The average molecular weight is 146 g/mol. The van der Waals surface area contributed by atoms with E-state index in [4.69, 9.17) is 11.1 Å². The smallest absolute Gasteiger partial charge is 0.0319 e. The fourth-order valence-corrected chi connectivity index (χ4v) is 0.822. The van der Waals surface area contributed by atoms with Crippen molar-refractivity contribution in [1.82, 2.24) is 0 Å². The van der Waals surface area contributed by atoms with Crippen LogP contribution in [0.1, 0.15) is 5.56 Å². The van der Waals surface area contributed by atoms with Crippen LogP contribution in [0.3, 0.4) is 0 Å². The third-order valence-electron chi connectivity index (χ3n) is 1.30. The molecule has 11 heavy (non-hydrogen) atoms. The van der Waals surface area contributed by atoms with Crippen LogP contribution in [0.4, 0.5) is 5.69 Å². The number of hydrogen-bond acceptors (Lipinski definition) is 2. The summed E-state index contributed by atoms with van der Waals surface area (Å²) in [4.78, 5) is 0. The van der Waals surface area contributed by atoms with Crippen molar-refractivity contribution in [2.75, 3.05) is 5.73 Å². The van der Waals surface area contributed by atoms with Gasteiger partial charge in [0, 0.05) is 11.9 Å². The first-order valence-corrected chi connectivity index (χ1v) is 3.35. The van der Waals surface area contributed by atoms with Gasteiger partial charge >= 0.3 is 0 Å². The molecular weight excluding hydrogens is 136 g/mol. The molecular formula is C9H10N2. The zero-order chi connectivity index (χ0) is 8.10. The van der Waals surface area contributed by atoms with Gasteiger partial charge in [-0.2, -0.15) is 0 Å². The maximum absolute atomic E-state index is 6.76. The molecule has 2 heteroatoms. The molecule has 0 radical (unpaired) electrons. The van der Waals surface area contributed by atoms with Crippen LogP contribution in [0.25, 0.3) is 6.08 Å². The lowest BCUT2D eigenvalue weighted by atomic mass is 10.2. The van der Waals surface area contributed by atoms with Crippen LogP contribution in [0, 0.1) is 5.41 Å². The third kappa shape index (κ3) is 2.26. The first-order chi connectivity index (χ1) is 5.33. The Hall–Kier alpha value is -1.57. The summed E-state index contributed by atoms with van der Waals surface area (Å²) in [6.07, 6.45) is 4.74. The van der Waals surface area contributed by atoms with Gasteiger partial charge in [0.2, 0.25) is 0 Å². The Morgan fingerprint density at radius 2 is 2.18 bits per heavy atom. The SMILES string of the molecule is N=C/C=C\c1cccc(N)c1. The Balaban J connectivity index is 2.87. The largest absolute Gasteiger partial charge is 0.399 e. The fourth-order valence-electron chi connectivity index (χ4n) is 0.822. The van der Waals surface area contributed by atoms with Crippen LogP contribution >= 0.6 is 0 Å². The summed E-state index contributed by atoms with van der Waals surface area (Å²) in [5.41, 5.74) is 7.31. The van der Waals surface area contributed by atoms with Gasteiger partial charge in [-0.05, 0) is 23.8 Å². The first kappa shape index (κ1) is 7.54. The van der Waals surface area contributed by atoms with E-state index in [0.717, 1.165) is 11.3 Å². The molecule has 0 aliphatic carbocycles. The second-order valence-electron chi connectivity index (χ2n) is 2.20. The molecule has 0 saturated carbocycles. The van der Waals surface area contributed by atoms with E-state index in [1.165, 1.54) is 6.21 Å². The normalized spacial score (nSPS) is 10.2. The van der Waals surface area contributed by atoms with Gasteiger partial charge in [-0.15, -0.1) is 0 Å². The summed E-state index contributed by atoms with van der Waals surface area (Å²) in [7, 11) is 0. The van der Waals surface area contributed by atoms with Crippen LogP contribution in [0.15, 0.2) is 30.3 Å². The molecule has 0 heterocycles. The molecule has 0 spiro atoms. The third-order valence-corrected chi connectivity index (χ3v) is 1.30. The molecule has 2 nitrogen and oxygen atoms in total. The molecule has 0 bridgehead atoms. The topological polar surface area (TPSA) is 49.9 Å². The van der Waals surface area contributed by atoms with Crippen LogP contribution in [-0.2, 0) is 0 Å². The monoisotopic (exact) mass is 146 g/mol. The Morgan fingerprint density at radius 1 is 1.36 bits per heavy atom. The minimum absolute atomic E-state index is 0.747. The van der Waals surface area contributed by atoms with Crippen molar-refractivity contribution in [3.05, 3.63) is 35.9 Å². The van der Waals surface area contributed by atoms with E-state index in [1.807, 2.05) is 30.3 Å². The molecule has 1 aromatic rings. The van der Waals surface area contributed by atoms with Gasteiger partial charge in [-0.3, -0.25) is 0 Å². The van der Waals surface area contributed by atoms with Crippen LogP contribution < -0.4 is 5.73 Å². The van der Waals surface area contributed by atoms with E-state index in [1.54, 1.807) is 6.08 Å². The maximum atomic E-state index is 6.76. The quantitative estimate of drug-likeness (QED) is 0.486. The Kier molecular flexibility index (Phi) is 2.44. The Labute approximate surface area is 65.9 Å². The van der Waals surface area contributed by atoms with Crippen molar-refractivity contribution in [1.29, 1.82) is 5.41 Å². The van der Waals surface area contributed by atoms with Gasteiger partial charge in [0.25, 0.3) is 0 Å². The van der Waals surface area contributed by atoms with Crippen molar-refractivity contribution in [2.45, 2.75) is 0 Å². The predicted molar refractivity (Wildman–Crippen MR) is 48.7 cm³/mol. The van der Waals surface area contributed by atoms with Crippen molar-refractivity contribution in [2.24, 2.45) is 0 Å². The van der Waals surface area contributed by atoms with E-state index in [2.05, 4.69) is 0 Å². The second kappa shape index (κ2) is 3.56. The van der Waals surface area contributed by atoms with Crippen molar-refractivity contribution >= 4 is 18.0 Å². The molecule has 0 saturated heterocycles. The van der Waals surface area contributed by atoms with Crippen molar-refractivity contribution in [3.63, 3.8) is 0 Å². The second-order valence-corrected chi connectivity index (χ2v) is 2.20. The van der Waals surface area contributed by atoms with Gasteiger partial charge in [-0.1, -0.05) is 18.2 Å². The highest BCUT2D eigenvalue weighted by molar-refractivity contribution is 5.76. The number of allylic oxidation sites excluding steroid dienone is 1. The number of benzene rings is 1. The van der Waals surface area contributed by atoms with Crippen LogP contribution in [0.5, 0.6) is 0 Å². The minimum Gasteiger partial charge on any atom is -0.399 e. The Bertz CT molecular complexity index is 277. The van der Waals surface area contributed by atoms with Gasteiger partial charge in [0.05, 0.1) is 0 Å². The zero-order valence-corrected chi connectivity index (χ0v) is 6.12.